The van der Waals surface area contributed by atoms with Crippen LogP contribution in [0.25, 0.3) is 6.08 Å². The zero-order valence-corrected chi connectivity index (χ0v) is 13.2. The molecule has 2 aliphatic carbocycles. The summed E-state index contributed by atoms with van der Waals surface area (Å²) in [7, 11) is 0. The van der Waals surface area contributed by atoms with Crippen LogP contribution in [-0.2, 0) is 9.59 Å². The average molecular weight is 295 g/mol. The number of benzene rings is 1. The van der Waals surface area contributed by atoms with Gasteiger partial charge in [-0.3, -0.25) is 9.59 Å². The van der Waals surface area contributed by atoms with Crippen molar-refractivity contribution in [3.8, 4) is 0 Å². The lowest BCUT2D eigenvalue weighted by Gasteiger charge is -2.13. The van der Waals surface area contributed by atoms with Gasteiger partial charge in [-0.1, -0.05) is 44.2 Å². The van der Waals surface area contributed by atoms with Crippen LogP contribution in [0.3, 0.4) is 0 Å². The number of nitrogens with one attached hydrogen (secondary N) is 1. The molecule has 0 aliphatic heterocycles. The molecule has 1 aromatic rings. The molecular formula is C19H21NO2. The van der Waals surface area contributed by atoms with E-state index in [-0.39, 0.29) is 17.1 Å². The summed E-state index contributed by atoms with van der Waals surface area (Å²) < 4.78 is 0. The summed E-state index contributed by atoms with van der Waals surface area (Å²) in [6.07, 6.45) is 3.90. The normalized spacial score (nSPS) is 27.7. The van der Waals surface area contributed by atoms with Crippen molar-refractivity contribution < 1.29 is 9.59 Å². The molecule has 3 rings (SSSR count). The topological polar surface area (TPSA) is 46.2 Å². The Bertz CT molecular complexity index is 683. The Kier molecular flexibility index (Phi) is 3.51. The SMILES string of the molecule is C/C(NC(=O)/C=C/c1ccccc1)=C1/C(=O)C[C@@H]2[C@H]1C2(C)C. The van der Waals surface area contributed by atoms with E-state index in [0.29, 0.717) is 24.0 Å². The van der Waals surface area contributed by atoms with Crippen molar-refractivity contribution in [1.82, 2.24) is 5.32 Å². The van der Waals surface area contributed by atoms with E-state index in [0.717, 1.165) is 11.1 Å². The second-order valence-electron chi connectivity index (χ2n) is 6.80. The highest BCUT2D eigenvalue weighted by Crippen LogP contribution is 2.68. The number of rotatable bonds is 3. The first-order valence-corrected chi connectivity index (χ1v) is 7.69. The van der Waals surface area contributed by atoms with Crippen LogP contribution in [0.4, 0.5) is 0 Å². The molecule has 1 aromatic carbocycles. The summed E-state index contributed by atoms with van der Waals surface area (Å²) in [5.41, 5.74) is 2.72. The summed E-state index contributed by atoms with van der Waals surface area (Å²) in [6, 6.07) is 9.67. The maximum absolute atomic E-state index is 12.1. The predicted molar refractivity (Wildman–Crippen MR) is 86.7 cm³/mol. The molecular weight excluding hydrogens is 274 g/mol. The number of hydrogen-bond donors (Lipinski definition) is 1. The van der Waals surface area contributed by atoms with Gasteiger partial charge in [0.15, 0.2) is 5.78 Å². The Hall–Kier alpha value is -2.16. The molecule has 2 atom stereocenters. The third kappa shape index (κ3) is 2.52. The minimum atomic E-state index is -0.191. The molecule has 0 spiro atoms. The van der Waals surface area contributed by atoms with E-state index in [4.69, 9.17) is 0 Å². The Balaban J connectivity index is 1.70. The second-order valence-corrected chi connectivity index (χ2v) is 6.80. The van der Waals surface area contributed by atoms with Gasteiger partial charge in [-0.05, 0) is 35.8 Å². The van der Waals surface area contributed by atoms with Crippen molar-refractivity contribution in [3.63, 3.8) is 0 Å². The van der Waals surface area contributed by atoms with E-state index < -0.39 is 0 Å². The molecule has 2 aliphatic rings. The molecule has 1 amide bonds. The van der Waals surface area contributed by atoms with Gasteiger partial charge < -0.3 is 5.32 Å². The van der Waals surface area contributed by atoms with Crippen LogP contribution in [0, 0.1) is 17.3 Å². The quantitative estimate of drug-likeness (QED) is 0.869. The maximum Gasteiger partial charge on any atom is 0.248 e. The predicted octanol–water partition coefficient (Wildman–Crippen LogP) is 3.34. The van der Waals surface area contributed by atoms with Gasteiger partial charge in [0.05, 0.1) is 0 Å². The zero-order chi connectivity index (χ0) is 15.9. The Morgan fingerprint density at radius 2 is 1.95 bits per heavy atom. The molecule has 2 fully saturated rings. The van der Waals surface area contributed by atoms with Crippen molar-refractivity contribution in [2.45, 2.75) is 27.2 Å². The summed E-state index contributed by atoms with van der Waals surface area (Å²) in [5, 5.41) is 2.85. The third-order valence-corrected chi connectivity index (χ3v) is 5.01. The van der Waals surface area contributed by atoms with Gasteiger partial charge in [-0.25, -0.2) is 0 Å². The van der Waals surface area contributed by atoms with E-state index in [1.807, 2.05) is 37.3 Å². The lowest BCUT2D eigenvalue weighted by molar-refractivity contribution is -0.115. The van der Waals surface area contributed by atoms with Gasteiger partial charge in [0.25, 0.3) is 0 Å². The number of carbonyl (C=O) groups is 2. The van der Waals surface area contributed by atoms with Crippen molar-refractivity contribution in [3.05, 3.63) is 53.2 Å². The highest BCUT2D eigenvalue weighted by atomic mass is 16.1. The highest BCUT2D eigenvalue weighted by Gasteiger charge is 2.65. The molecule has 22 heavy (non-hydrogen) atoms. The average Bonchev–Trinajstić information content (AvgIpc) is 2.84. The molecule has 0 bridgehead atoms. The minimum absolute atomic E-state index is 0.191. The largest absolute Gasteiger partial charge is 0.326 e. The summed E-state index contributed by atoms with van der Waals surface area (Å²) in [5.74, 6) is 0.780. The van der Waals surface area contributed by atoms with Crippen LogP contribution >= 0.6 is 0 Å². The number of hydrogen-bond acceptors (Lipinski definition) is 2. The van der Waals surface area contributed by atoms with E-state index >= 15 is 0 Å². The molecule has 0 aromatic heterocycles. The molecule has 0 radical (unpaired) electrons. The van der Waals surface area contributed by atoms with Gasteiger partial charge in [-0.2, -0.15) is 0 Å². The number of carbonyl (C=O) groups excluding carboxylic acids is 2. The van der Waals surface area contributed by atoms with E-state index in [2.05, 4.69) is 19.2 Å². The van der Waals surface area contributed by atoms with Gasteiger partial charge >= 0.3 is 0 Å². The number of fused-ring (bicyclic) bond motifs is 1. The number of ketones is 1. The molecule has 0 heterocycles. The smallest absolute Gasteiger partial charge is 0.248 e. The lowest BCUT2D eigenvalue weighted by atomic mass is 9.95. The minimum Gasteiger partial charge on any atom is -0.326 e. The van der Waals surface area contributed by atoms with Crippen LogP contribution < -0.4 is 5.32 Å². The monoisotopic (exact) mass is 295 g/mol. The Morgan fingerprint density at radius 3 is 2.59 bits per heavy atom. The number of allylic oxidation sites excluding steroid dienone is 2. The van der Waals surface area contributed by atoms with Crippen molar-refractivity contribution in [2.75, 3.05) is 0 Å². The highest BCUT2D eigenvalue weighted by molar-refractivity contribution is 6.02. The Morgan fingerprint density at radius 1 is 1.27 bits per heavy atom. The maximum atomic E-state index is 12.1. The molecule has 0 unspecified atom stereocenters. The van der Waals surface area contributed by atoms with Crippen LogP contribution in [0.1, 0.15) is 32.8 Å². The van der Waals surface area contributed by atoms with Crippen molar-refractivity contribution >= 4 is 17.8 Å². The standard InChI is InChI=1S/C19H21NO2/c1-12(17-15(21)11-14-18(17)19(14,2)3)20-16(22)10-9-13-7-5-4-6-8-13/h4-10,14,18H,11H2,1-3H3,(H,20,22)/b10-9+,17-12+/t14-,18-/m1/s1. The first kappa shape index (κ1) is 14.8. The molecule has 0 saturated heterocycles. The molecule has 114 valence electrons. The molecule has 3 nitrogen and oxygen atoms in total. The third-order valence-electron chi connectivity index (χ3n) is 5.01. The fraction of sp³-hybridized carbons (Fsp3) is 0.368. The van der Waals surface area contributed by atoms with E-state index in [1.54, 1.807) is 6.08 Å². The molecule has 1 N–H and O–H groups in total. The van der Waals surface area contributed by atoms with Crippen LogP contribution in [0.15, 0.2) is 47.7 Å². The van der Waals surface area contributed by atoms with E-state index in [1.165, 1.54) is 6.08 Å². The fourth-order valence-corrected chi connectivity index (χ4v) is 3.65. The molecule has 2 saturated carbocycles. The summed E-state index contributed by atoms with van der Waals surface area (Å²) in [6.45, 7) is 6.22. The van der Waals surface area contributed by atoms with Crippen LogP contribution in [-0.4, -0.2) is 11.7 Å². The second kappa shape index (κ2) is 5.24. The summed E-state index contributed by atoms with van der Waals surface area (Å²) >= 11 is 0. The first-order chi connectivity index (χ1) is 10.4. The lowest BCUT2D eigenvalue weighted by Crippen LogP contribution is -2.23. The fourth-order valence-electron chi connectivity index (χ4n) is 3.65. The first-order valence-electron chi connectivity index (χ1n) is 7.69. The Labute approximate surface area is 131 Å². The van der Waals surface area contributed by atoms with Gasteiger partial charge in [-0.15, -0.1) is 0 Å². The van der Waals surface area contributed by atoms with Crippen LogP contribution in [0.5, 0.6) is 0 Å². The zero-order valence-electron chi connectivity index (χ0n) is 13.2. The summed E-state index contributed by atoms with van der Waals surface area (Å²) in [4.78, 5) is 24.1. The van der Waals surface area contributed by atoms with Crippen molar-refractivity contribution in [2.24, 2.45) is 17.3 Å². The van der Waals surface area contributed by atoms with Gasteiger partial charge in [0.1, 0.15) is 0 Å². The van der Waals surface area contributed by atoms with Crippen LogP contribution in [0.2, 0.25) is 0 Å². The van der Waals surface area contributed by atoms with Crippen molar-refractivity contribution in [1.29, 1.82) is 0 Å². The molecule has 3 heteroatoms. The van der Waals surface area contributed by atoms with Gasteiger partial charge in [0.2, 0.25) is 5.91 Å². The number of amides is 1. The number of Topliss-reactive ketones (excluding diaryl/α,β-unsaturated/α-hetero) is 1. The van der Waals surface area contributed by atoms with E-state index in [9.17, 15) is 9.59 Å². The van der Waals surface area contributed by atoms with Gasteiger partial charge in [0, 0.05) is 23.8 Å².